The average Bonchev–Trinajstić information content (AvgIpc) is 2.75. The highest BCUT2D eigenvalue weighted by molar-refractivity contribution is 7.11. The molecule has 5 nitrogen and oxygen atoms in total. The topological polar surface area (TPSA) is 55.6 Å². The van der Waals surface area contributed by atoms with E-state index in [0.29, 0.717) is 6.54 Å². The lowest BCUT2D eigenvalue weighted by Gasteiger charge is -1.97. The maximum atomic E-state index is 4.46. The molecule has 0 spiro atoms. The van der Waals surface area contributed by atoms with Crippen LogP contribution in [0.15, 0.2) is 6.33 Å². The van der Waals surface area contributed by atoms with Crippen molar-refractivity contribution < 1.29 is 0 Å². The molecule has 0 fully saturated rings. The van der Waals surface area contributed by atoms with Gasteiger partial charge in [0.25, 0.3) is 0 Å². The molecule has 86 valence electrons. The van der Waals surface area contributed by atoms with Crippen LogP contribution >= 0.6 is 11.3 Å². The molecule has 6 heteroatoms. The second-order valence-electron chi connectivity index (χ2n) is 3.69. The number of hydrogen-bond donors (Lipinski definition) is 1. The van der Waals surface area contributed by atoms with Crippen molar-refractivity contribution in [3.8, 4) is 0 Å². The third-order valence-electron chi connectivity index (χ3n) is 2.28. The van der Waals surface area contributed by atoms with Crippen molar-refractivity contribution in [1.82, 2.24) is 25.1 Å². The molecule has 1 N–H and O–H groups in total. The second-order valence-corrected chi connectivity index (χ2v) is 4.97. The number of aromatic nitrogens is 4. The zero-order valence-corrected chi connectivity index (χ0v) is 10.5. The molecule has 0 saturated carbocycles. The summed E-state index contributed by atoms with van der Waals surface area (Å²) in [4.78, 5) is 9.88. The van der Waals surface area contributed by atoms with Gasteiger partial charge in [0.15, 0.2) is 5.82 Å². The number of rotatable bonds is 4. The normalized spacial score (nSPS) is 10.9. The summed E-state index contributed by atoms with van der Waals surface area (Å²) < 4.78 is 1.70. The Labute approximate surface area is 98.5 Å². The van der Waals surface area contributed by atoms with Crippen LogP contribution in [-0.4, -0.2) is 19.7 Å². The lowest BCUT2D eigenvalue weighted by atomic mass is 10.4. The number of nitrogens with one attached hydrogen (secondary N) is 1. The van der Waals surface area contributed by atoms with Gasteiger partial charge in [0, 0.05) is 18.5 Å². The molecule has 0 radical (unpaired) electrons. The van der Waals surface area contributed by atoms with Gasteiger partial charge in [-0.25, -0.2) is 9.97 Å². The molecule has 2 rings (SSSR count). The van der Waals surface area contributed by atoms with Crippen LogP contribution in [0.1, 0.15) is 21.4 Å². The lowest BCUT2D eigenvalue weighted by Crippen LogP contribution is -2.13. The highest BCUT2D eigenvalue weighted by Crippen LogP contribution is 2.15. The van der Waals surface area contributed by atoms with E-state index in [4.69, 9.17) is 0 Å². The second kappa shape index (κ2) is 4.71. The van der Waals surface area contributed by atoms with Crippen LogP contribution in [0.2, 0.25) is 0 Å². The predicted molar refractivity (Wildman–Crippen MR) is 63.1 cm³/mol. The van der Waals surface area contributed by atoms with Crippen LogP contribution in [0.4, 0.5) is 0 Å². The fourth-order valence-corrected chi connectivity index (χ4v) is 2.26. The first-order valence-electron chi connectivity index (χ1n) is 5.13. The van der Waals surface area contributed by atoms with Crippen molar-refractivity contribution in [1.29, 1.82) is 0 Å². The quantitative estimate of drug-likeness (QED) is 0.867. The Morgan fingerprint density at radius 3 is 2.75 bits per heavy atom. The Morgan fingerprint density at radius 1 is 1.38 bits per heavy atom. The summed E-state index contributed by atoms with van der Waals surface area (Å²) in [5.74, 6) is 0.812. The highest BCUT2D eigenvalue weighted by Gasteiger charge is 2.03. The Morgan fingerprint density at radius 2 is 2.19 bits per heavy atom. The molecular formula is C10H15N5S. The first-order valence-corrected chi connectivity index (χ1v) is 5.95. The molecule has 0 saturated heterocycles. The fraction of sp³-hybridized carbons (Fsp3) is 0.500. The van der Waals surface area contributed by atoms with Crippen molar-refractivity contribution in [3.63, 3.8) is 0 Å². The Balaban J connectivity index is 1.84. The van der Waals surface area contributed by atoms with E-state index in [1.54, 1.807) is 22.3 Å². The monoisotopic (exact) mass is 237 g/mol. The molecule has 0 aromatic carbocycles. The van der Waals surface area contributed by atoms with Crippen molar-refractivity contribution in [2.24, 2.45) is 7.05 Å². The molecule has 0 unspecified atom stereocenters. The first kappa shape index (κ1) is 11.2. The van der Waals surface area contributed by atoms with Crippen LogP contribution in [0.5, 0.6) is 0 Å². The predicted octanol–water partition coefficient (Wildman–Crippen LogP) is 1.18. The molecule has 0 bridgehead atoms. The van der Waals surface area contributed by atoms with E-state index < -0.39 is 0 Å². The zero-order chi connectivity index (χ0) is 11.5. The molecule has 0 amide bonds. The van der Waals surface area contributed by atoms with E-state index >= 15 is 0 Å². The molecule has 0 aliphatic heterocycles. The van der Waals surface area contributed by atoms with Gasteiger partial charge in [0.05, 0.1) is 12.2 Å². The van der Waals surface area contributed by atoms with Gasteiger partial charge in [-0.05, 0) is 13.8 Å². The molecule has 0 atom stereocenters. The Kier molecular flexibility index (Phi) is 3.31. The number of hydrogen-bond acceptors (Lipinski definition) is 5. The highest BCUT2D eigenvalue weighted by atomic mass is 32.1. The molecule has 0 aliphatic carbocycles. The molecular weight excluding hydrogens is 222 g/mol. The van der Waals surface area contributed by atoms with Crippen molar-refractivity contribution in [3.05, 3.63) is 27.7 Å². The SMILES string of the molecule is Cc1nc(CNCc2ncn(C)n2)sc1C. The number of nitrogens with zero attached hydrogens (tertiary/aromatic N) is 4. The molecule has 2 aromatic heterocycles. The fourth-order valence-electron chi connectivity index (χ4n) is 1.36. The van der Waals surface area contributed by atoms with E-state index in [-0.39, 0.29) is 0 Å². The van der Waals surface area contributed by atoms with Crippen molar-refractivity contribution >= 4 is 11.3 Å². The summed E-state index contributed by atoms with van der Waals surface area (Å²) in [6.07, 6.45) is 1.70. The van der Waals surface area contributed by atoms with Crippen LogP contribution < -0.4 is 5.32 Å². The lowest BCUT2D eigenvalue weighted by molar-refractivity contribution is 0.646. The first-order chi connectivity index (χ1) is 7.65. The summed E-state index contributed by atoms with van der Waals surface area (Å²) >= 11 is 1.74. The van der Waals surface area contributed by atoms with Gasteiger partial charge in [-0.3, -0.25) is 4.68 Å². The summed E-state index contributed by atoms with van der Waals surface area (Å²) in [7, 11) is 1.87. The smallest absolute Gasteiger partial charge is 0.164 e. The maximum absolute atomic E-state index is 4.46. The van der Waals surface area contributed by atoms with Gasteiger partial charge in [-0.2, -0.15) is 5.10 Å². The minimum atomic E-state index is 0.679. The average molecular weight is 237 g/mol. The number of thiazole rings is 1. The third-order valence-corrected chi connectivity index (χ3v) is 3.35. The molecule has 0 aliphatic rings. The van der Waals surface area contributed by atoms with Crippen LogP contribution in [0, 0.1) is 13.8 Å². The Bertz CT molecular complexity index is 454. The minimum Gasteiger partial charge on any atom is -0.303 e. The molecule has 2 aromatic rings. The van der Waals surface area contributed by atoms with E-state index in [2.05, 4.69) is 27.3 Å². The standard InChI is InChI=1S/C10H15N5S/c1-7-8(2)16-10(13-7)5-11-4-9-12-6-15(3)14-9/h6,11H,4-5H2,1-3H3. The van der Waals surface area contributed by atoms with E-state index in [9.17, 15) is 0 Å². The minimum absolute atomic E-state index is 0.679. The summed E-state index contributed by atoms with van der Waals surface area (Å²) in [5.41, 5.74) is 1.12. The van der Waals surface area contributed by atoms with Crippen LogP contribution in [0.25, 0.3) is 0 Å². The van der Waals surface area contributed by atoms with Gasteiger partial charge in [-0.15, -0.1) is 11.3 Å². The summed E-state index contributed by atoms with van der Waals surface area (Å²) in [6.45, 7) is 5.59. The largest absolute Gasteiger partial charge is 0.303 e. The molecule has 16 heavy (non-hydrogen) atoms. The van der Waals surface area contributed by atoms with Gasteiger partial charge in [0.2, 0.25) is 0 Å². The van der Waals surface area contributed by atoms with Gasteiger partial charge >= 0.3 is 0 Å². The van der Waals surface area contributed by atoms with E-state index in [1.165, 1.54) is 4.88 Å². The summed E-state index contributed by atoms with van der Waals surface area (Å²) in [6, 6.07) is 0. The number of aryl methyl sites for hydroxylation is 3. The summed E-state index contributed by atoms with van der Waals surface area (Å²) in [5, 5.41) is 8.59. The zero-order valence-electron chi connectivity index (χ0n) is 9.69. The Hall–Kier alpha value is -1.27. The van der Waals surface area contributed by atoms with Gasteiger partial charge < -0.3 is 5.32 Å². The third kappa shape index (κ3) is 2.65. The van der Waals surface area contributed by atoms with E-state index in [0.717, 1.165) is 23.1 Å². The van der Waals surface area contributed by atoms with Crippen LogP contribution in [-0.2, 0) is 20.1 Å². The molecule has 2 heterocycles. The maximum Gasteiger partial charge on any atom is 0.164 e. The van der Waals surface area contributed by atoms with Gasteiger partial charge in [-0.1, -0.05) is 0 Å². The van der Waals surface area contributed by atoms with Crippen molar-refractivity contribution in [2.75, 3.05) is 0 Å². The van der Waals surface area contributed by atoms with Gasteiger partial charge in [0.1, 0.15) is 11.3 Å². The van der Waals surface area contributed by atoms with E-state index in [1.807, 2.05) is 14.0 Å². The van der Waals surface area contributed by atoms with Crippen LogP contribution in [0.3, 0.4) is 0 Å². The van der Waals surface area contributed by atoms with Crippen molar-refractivity contribution in [2.45, 2.75) is 26.9 Å².